The molecule has 0 saturated heterocycles. The SMILES string of the molecule is O=C(O)CCCCC(=O)OCCOCCOCCOCCOCCOCCOCCOCCOCCOCCO. The number of aliphatic hydroxyl groups excluding tert-OH is 1. The third kappa shape index (κ3) is 34.6. The summed E-state index contributed by atoms with van der Waals surface area (Å²) >= 11 is 0. The number of unbranched alkanes of at least 4 members (excludes halogenated alkanes) is 1. The molecule has 0 saturated carbocycles. The van der Waals surface area contributed by atoms with Crippen molar-refractivity contribution in [2.24, 2.45) is 0 Å². The monoisotopic (exact) mass is 586 g/mol. The van der Waals surface area contributed by atoms with E-state index < -0.39 is 5.97 Å². The van der Waals surface area contributed by atoms with Gasteiger partial charge in [0, 0.05) is 12.8 Å². The van der Waals surface area contributed by atoms with E-state index >= 15 is 0 Å². The van der Waals surface area contributed by atoms with Crippen LogP contribution in [0.3, 0.4) is 0 Å². The molecule has 0 atom stereocenters. The molecular formula is C26H50O14. The van der Waals surface area contributed by atoms with Crippen LogP contribution >= 0.6 is 0 Å². The van der Waals surface area contributed by atoms with Crippen LogP contribution in [0.2, 0.25) is 0 Å². The fraction of sp³-hybridized carbons (Fsp3) is 0.923. The summed E-state index contributed by atoms with van der Waals surface area (Å²) < 4.78 is 53.1. The minimum atomic E-state index is -0.863. The Morgan fingerprint density at radius 3 is 0.975 bits per heavy atom. The predicted molar refractivity (Wildman–Crippen MR) is 142 cm³/mol. The molecule has 2 N–H and O–H groups in total. The van der Waals surface area contributed by atoms with Crippen LogP contribution in [0, 0.1) is 0 Å². The number of hydrogen-bond donors (Lipinski definition) is 2. The van der Waals surface area contributed by atoms with Gasteiger partial charge in [0.15, 0.2) is 0 Å². The molecule has 0 aromatic carbocycles. The molecule has 0 aliphatic heterocycles. The van der Waals surface area contributed by atoms with Gasteiger partial charge in [-0.15, -0.1) is 0 Å². The van der Waals surface area contributed by atoms with Gasteiger partial charge in [0.25, 0.3) is 0 Å². The number of carboxylic acid groups (broad SMARTS) is 1. The molecule has 0 aromatic rings. The van der Waals surface area contributed by atoms with Crippen molar-refractivity contribution < 1.29 is 67.2 Å². The first-order valence-corrected chi connectivity index (χ1v) is 13.8. The van der Waals surface area contributed by atoms with Crippen molar-refractivity contribution in [3.8, 4) is 0 Å². The number of aliphatic carboxylic acids is 1. The topological polar surface area (TPSA) is 167 Å². The largest absolute Gasteiger partial charge is 0.481 e. The average molecular weight is 587 g/mol. The number of carbonyl (C=O) groups is 2. The lowest BCUT2D eigenvalue weighted by Crippen LogP contribution is -2.15. The van der Waals surface area contributed by atoms with Crippen LogP contribution in [0.5, 0.6) is 0 Å². The summed E-state index contributed by atoms with van der Waals surface area (Å²) in [5.41, 5.74) is 0. The van der Waals surface area contributed by atoms with Crippen LogP contribution in [-0.4, -0.2) is 154 Å². The minimum absolute atomic E-state index is 0.0176. The Kier molecular flexibility index (Phi) is 32.5. The van der Waals surface area contributed by atoms with E-state index in [2.05, 4.69) is 0 Å². The molecule has 40 heavy (non-hydrogen) atoms. The van der Waals surface area contributed by atoms with E-state index in [1.165, 1.54) is 0 Å². The molecule has 0 spiro atoms. The Bertz CT molecular complexity index is 538. The standard InChI is InChI=1S/C26H50O14/c27-5-6-31-7-8-32-9-10-33-11-12-34-13-14-35-15-16-36-17-18-37-19-20-38-21-22-39-23-24-40-26(30)4-2-1-3-25(28)29/h27H,1-24H2,(H,28,29). The van der Waals surface area contributed by atoms with Crippen LogP contribution in [0.1, 0.15) is 25.7 Å². The van der Waals surface area contributed by atoms with Gasteiger partial charge in [-0.2, -0.15) is 0 Å². The van der Waals surface area contributed by atoms with Gasteiger partial charge in [0.2, 0.25) is 0 Å². The highest BCUT2D eigenvalue weighted by Gasteiger charge is 2.04. The number of aliphatic hydroxyl groups is 1. The van der Waals surface area contributed by atoms with Gasteiger partial charge < -0.3 is 57.6 Å². The third-order valence-corrected chi connectivity index (χ3v) is 4.72. The van der Waals surface area contributed by atoms with Crippen LogP contribution < -0.4 is 0 Å². The van der Waals surface area contributed by atoms with Gasteiger partial charge in [-0.1, -0.05) is 0 Å². The summed E-state index contributed by atoms with van der Waals surface area (Å²) in [5, 5.41) is 17.1. The summed E-state index contributed by atoms with van der Waals surface area (Å²) in [6.45, 7) is 8.26. The fourth-order valence-electron chi connectivity index (χ4n) is 2.76. The van der Waals surface area contributed by atoms with Gasteiger partial charge in [-0.3, -0.25) is 9.59 Å². The van der Waals surface area contributed by atoms with Crippen LogP contribution in [-0.2, 0) is 57.0 Å². The number of ether oxygens (including phenoxy) is 10. The first kappa shape index (κ1) is 38.5. The molecule has 0 aliphatic carbocycles. The van der Waals surface area contributed by atoms with Crippen molar-refractivity contribution in [2.75, 3.05) is 132 Å². The maximum atomic E-state index is 11.4. The second-order valence-electron chi connectivity index (χ2n) is 8.06. The van der Waals surface area contributed by atoms with Crippen molar-refractivity contribution in [1.82, 2.24) is 0 Å². The van der Waals surface area contributed by atoms with Gasteiger partial charge in [-0.05, 0) is 12.8 Å². The lowest BCUT2D eigenvalue weighted by Gasteiger charge is -2.09. The lowest BCUT2D eigenvalue weighted by molar-refractivity contribution is -0.146. The fourth-order valence-corrected chi connectivity index (χ4v) is 2.76. The molecule has 0 aliphatic rings. The van der Waals surface area contributed by atoms with Gasteiger partial charge in [0.05, 0.1) is 126 Å². The number of esters is 1. The zero-order chi connectivity index (χ0) is 29.2. The summed E-state index contributed by atoms with van der Waals surface area (Å²) in [4.78, 5) is 21.8. The smallest absolute Gasteiger partial charge is 0.305 e. The molecule has 0 heterocycles. The third-order valence-electron chi connectivity index (χ3n) is 4.72. The number of carbonyl (C=O) groups excluding carboxylic acids is 1. The van der Waals surface area contributed by atoms with Crippen molar-refractivity contribution in [3.05, 3.63) is 0 Å². The van der Waals surface area contributed by atoms with Crippen molar-refractivity contribution in [2.45, 2.75) is 25.7 Å². The molecule has 14 heteroatoms. The maximum absolute atomic E-state index is 11.4. The second-order valence-corrected chi connectivity index (χ2v) is 8.06. The first-order valence-electron chi connectivity index (χ1n) is 13.8. The Hall–Kier alpha value is -1.46. The average Bonchev–Trinajstić information content (AvgIpc) is 2.94. The zero-order valence-electron chi connectivity index (χ0n) is 23.8. The van der Waals surface area contributed by atoms with Crippen LogP contribution in [0.4, 0.5) is 0 Å². The van der Waals surface area contributed by atoms with E-state index in [0.29, 0.717) is 125 Å². The Morgan fingerprint density at radius 2 is 0.675 bits per heavy atom. The molecule has 0 amide bonds. The summed E-state index contributed by atoms with van der Waals surface area (Å²) in [6, 6.07) is 0. The van der Waals surface area contributed by atoms with Crippen molar-refractivity contribution >= 4 is 11.9 Å². The maximum Gasteiger partial charge on any atom is 0.305 e. The Morgan fingerprint density at radius 1 is 0.400 bits per heavy atom. The van der Waals surface area contributed by atoms with Crippen molar-refractivity contribution in [1.29, 1.82) is 0 Å². The van der Waals surface area contributed by atoms with Crippen LogP contribution in [0.15, 0.2) is 0 Å². The van der Waals surface area contributed by atoms with E-state index in [0.717, 1.165) is 0 Å². The van der Waals surface area contributed by atoms with E-state index in [1.54, 1.807) is 0 Å². The summed E-state index contributed by atoms with van der Waals surface area (Å²) in [6.07, 6.45) is 1.24. The highest BCUT2D eigenvalue weighted by Crippen LogP contribution is 2.01. The van der Waals surface area contributed by atoms with E-state index in [9.17, 15) is 9.59 Å². The summed E-state index contributed by atoms with van der Waals surface area (Å²) in [5.74, 6) is -1.21. The molecule has 0 bridgehead atoms. The highest BCUT2D eigenvalue weighted by atomic mass is 16.6. The lowest BCUT2D eigenvalue weighted by atomic mass is 10.2. The molecule has 0 aromatic heterocycles. The Balaban J connectivity index is 3.09. The number of rotatable bonds is 34. The van der Waals surface area contributed by atoms with E-state index in [4.69, 9.17) is 57.6 Å². The molecule has 0 radical (unpaired) electrons. The normalized spacial score (nSPS) is 11.2. The Labute approximate surface area is 237 Å². The predicted octanol–water partition coefficient (Wildman–Crippen LogP) is 0.316. The molecule has 0 unspecified atom stereocenters. The molecule has 238 valence electrons. The second kappa shape index (κ2) is 33.7. The van der Waals surface area contributed by atoms with Crippen LogP contribution in [0.25, 0.3) is 0 Å². The molecule has 0 fully saturated rings. The number of hydrogen-bond acceptors (Lipinski definition) is 13. The van der Waals surface area contributed by atoms with Crippen molar-refractivity contribution in [3.63, 3.8) is 0 Å². The molecule has 0 rings (SSSR count). The zero-order valence-corrected chi connectivity index (χ0v) is 23.8. The molecular weight excluding hydrogens is 536 g/mol. The van der Waals surface area contributed by atoms with Gasteiger partial charge in [-0.25, -0.2) is 0 Å². The molecule has 14 nitrogen and oxygen atoms in total. The highest BCUT2D eigenvalue weighted by molar-refractivity contribution is 5.69. The van der Waals surface area contributed by atoms with Gasteiger partial charge >= 0.3 is 11.9 Å². The summed E-state index contributed by atoms with van der Waals surface area (Å²) in [7, 11) is 0. The van der Waals surface area contributed by atoms with E-state index in [-0.39, 0.29) is 38.6 Å². The minimum Gasteiger partial charge on any atom is -0.481 e. The van der Waals surface area contributed by atoms with E-state index in [1.807, 2.05) is 0 Å². The van der Waals surface area contributed by atoms with Gasteiger partial charge in [0.1, 0.15) is 6.61 Å². The first-order chi connectivity index (χ1) is 19.7. The number of carboxylic acids is 1. The quantitative estimate of drug-likeness (QED) is 0.0781.